The van der Waals surface area contributed by atoms with Gasteiger partial charge in [0.25, 0.3) is 5.91 Å². The van der Waals surface area contributed by atoms with Crippen LogP contribution in [0.1, 0.15) is 29.8 Å². The average molecular weight is 252 g/mol. The van der Waals surface area contributed by atoms with Crippen LogP contribution in [0.25, 0.3) is 0 Å². The molecule has 1 N–H and O–H groups in total. The highest BCUT2D eigenvalue weighted by molar-refractivity contribution is 7.07. The van der Waals surface area contributed by atoms with E-state index in [2.05, 4.69) is 4.98 Å². The highest BCUT2D eigenvalue weighted by atomic mass is 32.1. The number of carbonyl (C=O) groups excluding carboxylic acids is 1. The molecule has 2 fully saturated rings. The number of carboxylic acids is 1. The zero-order valence-electron chi connectivity index (χ0n) is 9.07. The standard InChI is InChI=1S/C11H12N2O3S/c14-10(8-4-17-5-12-8)13-6-1-2-9(13)7(3-6)11(15)16/h4-7,9H,1-3H2,(H,15,16)/t6-,7-,9+/m1/s1. The number of hydrogen-bond acceptors (Lipinski definition) is 4. The number of nitrogens with zero attached hydrogens (tertiary/aromatic N) is 2. The SMILES string of the molecule is O=C(O)[C@@H]1C[C@H]2CC[C@@H]1N2C(=O)c1cscn1. The van der Waals surface area contributed by atoms with E-state index in [9.17, 15) is 9.59 Å². The Morgan fingerprint density at radius 3 is 2.88 bits per heavy atom. The second kappa shape index (κ2) is 3.80. The number of aliphatic carboxylic acids is 1. The van der Waals surface area contributed by atoms with Crippen LogP contribution in [0.4, 0.5) is 0 Å². The minimum absolute atomic E-state index is 0.0929. The molecule has 0 radical (unpaired) electrons. The number of amides is 1. The number of carboxylic acid groups (broad SMARTS) is 1. The van der Waals surface area contributed by atoms with E-state index in [1.54, 1.807) is 15.8 Å². The van der Waals surface area contributed by atoms with Crippen LogP contribution in [0.15, 0.2) is 10.9 Å². The second-order valence-electron chi connectivity index (χ2n) is 4.57. The third-order valence-electron chi connectivity index (χ3n) is 3.74. The lowest BCUT2D eigenvalue weighted by molar-refractivity contribution is -0.142. The maximum absolute atomic E-state index is 12.2. The van der Waals surface area contributed by atoms with Crippen molar-refractivity contribution in [2.75, 3.05) is 0 Å². The van der Waals surface area contributed by atoms with Crippen molar-refractivity contribution in [2.45, 2.75) is 31.3 Å². The molecule has 0 unspecified atom stereocenters. The minimum Gasteiger partial charge on any atom is -0.481 e. The van der Waals surface area contributed by atoms with E-state index in [0.29, 0.717) is 12.1 Å². The first-order valence-electron chi connectivity index (χ1n) is 5.62. The van der Waals surface area contributed by atoms with E-state index in [0.717, 1.165) is 12.8 Å². The highest BCUT2D eigenvalue weighted by Gasteiger charge is 2.51. The van der Waals surface area contributed by atoms with Crippen LogP contribution >= 0.6 is 11.3 Å². The number of rotatable bonds is 2. The average Bonchev–Trinajstić information content (AvgIpc) is 3.03. The van der Waals surface area contributed by atoms with E-state index in [-0.39, 0.29) is 18.0 Å². The van der Waals surface area contributed by atoms with Gasteiger partial charge in [-0.25, -0.2) is 4.98 Å². The first-order valence-corrected chi connectivity index (χ1v) is 6.56. The molecule has 2 bridgehead atoms. The third kappa shape index (κ3) is 1.55. The largest absolute Gasteiger partial charge is 0.481 e. The van der Waals surface area contributed by atoms with Gasteiger partial charge in [-0.05, 0) is 19.3 Å². The van der Waals surface area contributed by atoms with Crippen molar-refractivity contribution in [3.8, 4) is 0 Å². The van der Waals surface area contributed by atoms with Crippen LogP contribution < -0.4 is 0 Å². The molecule has 1 aromatic rings. The Morgan fingerprint density at radius 1 is 1.47 bits per heavy atom. The molecule has 2 aliphatic heterocycles. The molecular weight excluding hydrogens is 240 g/mol. The third-order valence-corrected chi connectivity index (χ3v) is 4.33. The molecule has 3 heterocycles. The Balaban J connectivity index is 1.86. The molecule has 1 amide bonds. The predicted molar refractivity (Wildman–Crippen MR) is 60.8 cm³/mol. The topological polar surface area (TPSA) is 70.5 Å². The van der Waals surface area contributed by atoms with E-state index < -0.39 is 11.9 Å². The van der Waals surface area contributed by atoms with E-state index in [1.165, 1.54) is 11.3 Å². The van der Waals surface area contributed by atoms with Crippen LogP contribution in [0.5, 0.6) is 0 Å². The Morgan fingerprint density at radius 2 is 2.29 bits per heavy atom. The molecule has 2 aliphatic rings. The van der Waals surface area contributed by atoms with Crippen molar-refractivity contribution in [1.82, 2.24) is 9.88 Å². The summed E-state index contributed by atoms with van der Waals surface area (Å²) in [5, 5.41) is 10.8. The molecule has 17 heavy (non-hydrogen) atoms. The molecule has 6 heteroatoms. The summed E-state index contributed by atoms with van der Waals surface area (Å²) in [6.45, 7) is 0. The Bertz CT molecular complexity index is 459. The molecule has 3 rings (SSSR count). The predicted octanol–water partition coefficient (Wildman–Crippen LogP) is 1.22. The van der Waals surface area contributed by atoms with Gasteiger partial charge in [-0.2, -0.15) is 0 Å². The van der Waals surface area contributed by atoms with Crippen molar-refractivity contribution in [3.63, 3.8) is 0 Å². The number of carbonyl (C=O) groups is 2. The summed E-state index contributed by atoms with van der Waals surface area (Å²) in [7, 11) is 0. The van der Waals surface area contributed by atoms with Gasteiger partial charge in [0.1, 0.15) is 5.69 Å². The summed E-state index contributed by atoms with van der Waals surface area (Å²) in [5.74, 6) is -1.29. The fraction of sp³-hybridized carbons (Fsp3) is 0.545. The van der Waals surface area contributed by atoms with Crippen molar-refractivity contribution in [1.29, 1.82) is 0 Å². The molecule has 1 aromatic heterocycles. The van der Waals surface area contributed by atoms with Gasteiger partial charge in [0.05, 0.1) is 11.4 Å². The fourth-order valence-corrected chi connectivity index (χ4v) is 3.55. The number of fused-ring (bicyclic) bond motifs is 2. The first kappa shape index (κ1) is 10.7. The fourth-order valence-electron chi connectivity index (χ4n) is 3.02. The molecule has 0 spiro atoms. The molecule has 90 valence electrons. The summed E-state index contributed by atoms with van der Waals surface area (Å²) in [4.78, 5) is 29.1. The summed E-state index contributed by atoms with van der Waals surface area (Å²) in [6.07, 6.45) is 2.32. The first-order chi connectivity index (χ1) is 8.18. The Kier molecular flexibility index (Phi) is 2.39. The van der Waals surface area contributed by atoms with Crippen LogP contribution in [0.2, 0.25) is 0 Å². The van der Waals surface area contributed by atoms with Crippen molar-refractivity contribution < 1.29 is 14.7 Å². The van der Waals surface area contributed by atoms with Gasteiger partial charge in [0.2, 0.25) is 0 Å². The van der Waals surface area contributed by atoms with E-state index in [1.807, 2.05) is 0 Å². The van der Waals surface area contributed by atoms with Crippen molar-refractivity contribution in [3.05, 3.63) is 16.6 Å². The van der Waals surface area contributed by atoms with Crippen LogP contribution in [-0.4, -0.2) is 39.0 Å². The quantitative estimate of drug-likeness (QED) is 0.859. The van der Waals surface area contributed by atoms with E-state index >= 15 is 0 Å². The van der Waals surface area contributed by atoms with Crippen molar-refractivity contribution in [2.24, 2.45) is 5.92 Å². The van der Waals surface area contributed by atoms with Crippen molar-refractivity contribution >= 4 is 23.2 Å². The molecule has 0 aliphatic carbocycles. The second-order valence-corrected chi connectivity index (χ2v) is 5.28. The van der Waals surface area contributed by atoms with Gasteiger partial charge in [0, 0.05) is 17.5 Å². The molecule has 0 aromatic carbocycles. The summed E-state index contributed by atoms with van der Waals surface area (Å²) < 4.78 is 0. The number of thiazole rings is 1. The molecule has 3 atom stereocenters. The maximum Gasteiger partial charge on any atom is 0.308 e. The van der Waals surface area contributed by atoms with E-state index in [4.69, 9.17) is 5.11 Å². The van der Waals surface area contributed by atoms with Gasteiger partial charge in [-0.15, -0.1) is 11.3 Å². The number of aromatic nitrogens is 1. The van der Waals surface area contributed by atoms with Crippen LogP contribution in [-0.2, 0) is 4.79 Å². The summed E-state index contributed by atoms with van der Waals surface area (Å²) >= 11 is 1.38. The lowest BCUT2D eigenvalue weighted by Gasteiger charge is -2.21. The molecule has 0 saturated carbocycles. The zero-order chi connectivity index (χ0) is 12.0. The lowest BCUT2D eigenvalue weighted by atomic mass is 9.89. The molecule has 5 nitrogen and oxygen atoms in total. The Labute approximate surface area is 102 Å². The normalized spacial score (nSPS) is 30.8. The van der Waals surface area contributed by atoms with Gasteiger partial charge in [-0.3, -0.25) is 9.59 Å². The van der Waals surface area contributed by atoms with Crippen LogP contribution in [0.3, 0.4) is 0 Å². The van der Waals surface area contributed by atoms with Gasteiger partial charge >= 0.3 is 5.97 Å². The van der Waals surface area contributed by atoms with Crippen LogP contribution in [0, 0.1) is 5.92 Å². The summed E-state index contributed by atoms with van der Waals surface area (Å²) in [5.41, 5.74) is 2.07. The zero-order valence-corrected chi connectivity index (χ0v) is 9.89. The van der Waals surface area contributed by atoms with Gasteiger partial charge in [0.15, 0.2) is 0 Å². The maximum atomic E-state index is 12.2. The van der Waals surface area contributed by atoms with Gasteiger partial charge < -0.3 is 10.0 Å². The smallest absolute Gasteiger partial charge is 0.308 e. The lowest BCUT2D eigenvalue weighted by Crippen LogP contribution is -2.38. The minimum atomic E-state index is -0.784. The monoisotopic (exact) mass is 252 g/mol. The molecule has 2 saturated heterocycles. The van der Waals surface area contributed by atoms with Gasteiger partial charge in [-0.1, -0.05) is 0 Å². The Hall–Kier alpha value is -1.43. The molecular formula is C11H12N2O3S. The summed E-state index contributed by atoms with van der Waals surface area (Å²) in [6, 6.07) is -0.0398. The highest BCUT2D eigenvalue weighted by Crippen LogP contribution is 2.42. The number of hydrogen-bond donors (Lipinski definition) is 1.